The molecule has 0 bridgehead atoms. The summed E-state index contributed by atoms with van der Waals surface area (Å²) in [5.74, 6) is 0. The average Bonchev–Trinajstić information content (AvgIpc) is 2.64. The van der Waals surface area contributed by atoms with Crippen molar-refractivity contribution >= 4 is 27.3 Å². The van der Waals surface area contributed by atoms with E-state index >= 15 is 0 Å². The number of halogens is 1. The molecule has 2 aromatic heterocycles. The number of thiophene rings is 1. The number of nitrogens with zero attached hydrogens (tertiary/aromatic N) is 1. The number of nitrogens with two attached hydrogens (primary N) is 1. The Kier molecular flexibility index (Phi) is 3.19. The van der Waals surface area contributed by atoms with E-state index in [9.17, 15) is 0 Å². The van der Waals surface area contributed by atoms with Gasteiger partial charge in [0.05, 0.1) is 11.7 Å². The molecule has 0 saturated carbocycles. The minimum absolute atomic E-state index is 0.138. The highest BCUT2D eigenvalue weighted by Crippen LogP contribution is 2.31. The van der Waals surface area contributed by atoms with Gasteiger partial charge < -0.3 is 5.73 Å². The van der Waals surface area contributed by atoms with Crippen molar-refractivity contribution in [2.75, 3.05) is 0 Å². The number of aromatic nitrogens is 1. The number of hydrogen-bond acceptors (Lipinski definition) is 3. The molecule has 0 radical (unpaired) electrons. The van der Waals surface area contributed by atoms with E-state index in [1.165, 1.54) is 0 Å². The number of pyridine rings is 1. The molecule has 0 amide bonds. The summed E-state index contributed by atoms with van der Waals surface area (Å²) in [6.45, 7) is 2.03. The molecule has 0 aliphatic carbocycles. The molecule has 0 aliphatic rings. The van der Waals surface area contributed by atoms with Crippen LogP contribution in [0.4, 0.5) is 0 Å². The minimum Gasteiger partial charge on any atom is -0.318 e. The Morgan fingerprint density at radius 3 is 2.87 bits per heavy atom. The normalized spacial score (nSPS) is 12.7. The Morgan fingerprint density at radius 1 is 1.47 bits per heavy atom. The largest absolute Gasteiger partial charge is 0.318 e. The summed E-state index contributed by atoms with van der Waals surface area (Å²) in [6, 6.07) is 5.83. The fourth-order valence-corrected chi connectivity index (χ4v) is 3.10. The van der Waals surface area contributed by atoms with Crippen LogP contribution in [0.3, 0.4) is 0 Å². The van der Waals surface area contributed by atoms with Gasteiger partial charge in [0.2, 0.25) is 0 Å². The predicted octanol–water partition coefficient (Wildman–Crippen LogP) is 3.26. The van der Waals surface area contributed by atoms with Crippen molar-refractivity contribution in [1.29, 1.82) is 0 Å². The van der Waals surface area contributed by atoms with Crippen LogP contribution in [0.5, 0.6) is 0 Å². The van der Waals surface area contributed by atoms with E-state index in [0.29, 0.717) is 0 Å². The molecular formula is C11H11BrN2S. The molecule has 2 heterocycles. The van der Waals surface area contributed by atoms with E-state index in [-0.39, 0.29) is 6.04 Å². The summed E-state index contributed by atoms with van der Waals surface area (Å²) in [5.41, 5.74) is 8.26. The highest BCUT2D eigenvalue weighted by molar-refractivity contribution is 9.10. The molecule has 0 aliphatic heterocycles. The summed E-state index contributed by atoms with van der Waals surface area (Å²) in [6.07, 6.45) is 1.78. The average molecular weight is 283 g/mol. The standard InChI is InChI=1S/C11H11BrN2S/c1-7-3-2-5-14-10(7)9(13)11-8(12)4-6-15-11/h2-6,9H,13H2,1H3. The van der Waals surface area contributed by atoms with Crippen molar-refractivity contribution in [2.45, 2.75) is 13.0 Å². The van der Waals surface area contributed by atoms with Crippen molar-refractivity contribution < 1.29 is 0 Å². The zero-order chi connectivity index (χ0) is 10.8. The van der Waals surface area contributed by atoms with Gasteiger partial charge in [-0.15, -0.1) is 11.3 Å². The maximum absolute atomic E-state index is 6.18. The molecule has 2 rings (SSSR count). The Labute approximate surface area is 101 Å². The van der Waals surface area contributed by atoms with Crippen molar-refractivity contribution in [3.05, 3.63) is 50.4 Å². The van der Waals surface area contributed by atoms with Crippen LogP contribution in [0, 0.1) is 6.92 Å². The molecular weight excluding hydrogens is 272 g/mol. The zero-order valence-electron chi connectivity index (χ0n) is 8.27. The molecule has 2 aromatic rings. The maximum Gasteiger partial charge on any atom is 0.0834 e. The highest BCUT2D eigenvalue weighted by atomic mass is 79.9. The molecule has 15 heavy (non-hydrogen) atoms. The van der Waals surface area contributed by atoms with Gasteiger partial charge in [-0.1, -0.05) is 6.07 Å². The van der Waals surface area contributed by atoms with Crippen LogP contribution in [-0.4, -0.2) is 4.98 Å². The molecule has 0 fully saturated rings. The summed E-state index contributed by atoms with van der Waals surface area (Å²) < 4.78 is 1.06. The van der Waals surface area contributed by atoms with Crippen molar-refractivity contribution in [3.63, 3.8) is 0 Å². The van der Waals surface area contributed by atoms with Gasteiger partial charge in [-0.3, -0.25) is 4.98 Å². The van der Waals surface area contributed by atoms with Crippen LogP contribution in [-0.2, 0) is 0 Å². The van der Waals surface area contributed by atoms with Gasteiger partial charge >= 0.3 is 0 Å². The lowest BCUT2D eigenvalue weighted by Crippen LogP contribution is -2.13. The first-order valence-corrected chi connectivity index (χ1v) is 6.27. The Balaban J connectivity index is 2.41. The Bertz CT molecular complexity index is 467. The van der Waals surface area contributed by atoms with Crippen LogP contribution >= 0.6 is 27.3 Å². The summed E-state index contributed by atoms with van der Waals surface area (Å²) in [7, 11) is 0. The van der Waals surface area contributed by atoms with E-state index < -0.39 is 0 Å². The van der Waals surface area contributed by atoms with Crippen LogP contribution < -0.4 is 5.73 Å². The molecule has 2 N–H and O–H groups in total. The minimum atomic E-state index is -0.138. The van der Waals surface area contributed by atoms with Gasteiger partial charge in [-0.2, -0.15) is 0 Å². The van der Waals surface area contributed by atoms with Gasteiger partial charge in [0.15, 0.2) is 0 Å². The van der Waals surface area contributed by atoms with Gasteiger partial charge in [-0.05, 0) is 45.9 Å². The van der Waals surface area contributed by atoms with Gasteiger partial charge in [-0.25, -0.2) is 0 Å². The van der Waals surface area contributed by atoms with Crippen LogP contribution in [0.1, 0.15) is 22.2 Å². The smallest absolute Gasteiger partial charge is 0.0834 e. The third-order valence-corrected chi connectivity index (χ3v) is 4.23. The fraction of sp³-hybridized carbons (Fsp3) is 0.182. The van der Waals surface area contributed by atoms with Crippen molar-refractivity contribution in [1.82, 2.24) is 4.98 Å². The second-order valence-corrected chi connectivity index (χ2v) is 5.12. The fourth-order valence-electron chi connectivity index (χ4n) is 1.48. The number of rotatable bonds is 2. The molecule has 78 valence electrons. The Morgan fingerprint density at radius 2 is 2.27 bits per heavy atom. The molecule has 0 aromatic carbocycles. The topological polar surface area (TPSA) is 38.9 Å². The van der Waals surface area contributed by atoms with Gasteiger partial charge in [0.25, 0.3) is 0 Å². The first kappa shape index (κ1) is 10.8. The van der Waals surface area contributed by atoms with E-state index in [1.807, 2.05) is 30.5 Å². The molecule has 1 unspecified atom stereocenters. The van der Waals surface area contributed by atoms with E-state index in [4.69, 9.17) is 5.73 Å². The summed E-state index contributed by atoms with van der Waals surface area (Å²) in [4.78, 5) is 5.46. The third-order valence-electron chi connectivity index (χ3n) is 2.27. The first-order valence-electron chi connectivity index (χ1n) is 4.60. The second kappa shape index (κ2) is 4.43. The Hall–Kier alpha value is -0.710. The monoisotopic (exact) mass is 282 g/mol. The number of aryl methyl sites for hydroxylation is 1. The third kappa shape index (κ3) is 2.12. The quantitative estimate of drug-likeness (QED) is 0.918. The molecule has 1 atom stereocenters. The molecule has 0 saturated heterocycles. The van der Waals surface area contributed by atoms with E-state index in [2.05, 4.69) is 20.9 Å². The van der Waals surface area contributed by atoms with Gasteiger partial charge in [0, 0.05) is 15.5 Å². The predicted molar refractivity (Wildman–Crippen MR) is 67.0 cm³/mol. The molecule has 4 heteroatoms. The lowest BCUT2D eigenvalue weighted by Gasteiger charge is -2.12. The van der Waals surface area contributed by atoms with Crippen LogP contribution in [0.15, 0.2) is 34.2 Å². The number of hydrogen-bond donors (Lipinski definition) is 1. The SMILES string of the molecule is Cc1cccnc1C(N)c1sccc1Br. The van der Waals surface area contributed by atoms with Gasteiger partial charge in [0.1, 0.15) is 0 Å². The molecule has 0 spiro atoms. The van der Waals surface area contributed by atoms with Crippen LogP contribution in [0.2, 0.25) is 0 Å². The van der Waals surface area contributed by atoms with Crippen molar-refractivity contribution in [3.8, 4) is 0 Å². The highest BCUT2D eigenvalue weighted by Gasteiger charge is 2.16. The summed E-state index contributed by atoms with van der Waals surface area (Å²) in [5, 5.41) is 2.03. The zero-order valence-corrected chi connectivity index (χ0v) is 10.7. The second-order valence-electron chi connectivity index (χ2n) is 3.32. The van der Waals surface area contributed by atoms with E-state index in [1.54, 1.807) is 17.5 Å². The summed E-state index contributed by atoms with van der Waals surface area (Å²) >= 11 is 5.14. The lowest BCUT2D eigenvalue weighted by atomic mass is 10.1. The van der Waals surface area contributed by atoms with E-state index in [0.717, 1.165) is 20.6 Å². The maximum atomic E-state index is 6.18. The van der Waals surface area contributed by atoms with Crippen LogP contribution in [0.25, 0.3) is 0 Å². The first-order chi connectivity index (χ1) is 7.20. The van der Waals surface area contributed by atoms with Crippen molar-refractivity contribution in [2.24, 2.45) is 5.73 Å². The molecule has 2 nitrogen and oxygen atoms in total. The lowest BCUT2D eigenvalue weighted by molar-refractivity contribution is 0.831.